The molecule has 1 N–H and O–H groups in total. The second-order valence-electron chi connectivity index (χ2n) is 3.98. The maximum atomic E-state index is 9.50. The molecular weight excluding hydrogens is 329 g/mol. The van der Waals surface area contributed by atoms with Gasteiger partial charge in [-0.1, -0.05) is 0 Å². The summed E-state index contributed by atoms with van der Waals surface area (Å²) in [6.07, 6.45) is -0.940. The van der Waals surface area contributed by atoms with E-state index in [0.717, 1.165) is 11.0 Å². The van der Waals surface area contributed by atoms with Gasteiger partial charge in [-0.2, -0.15) is 0 Å². The fraction of sp³-hybridized carbons (Fsp3) is 0.778. The molecule has 16 heavy (non-hydrogen) atoms. The molecule has 0 aliphatic rings. The molecule has 0 saturated carbocycles. The van der Waals surface area contributed by atoms with Crippen LogP contribution < -0.4 is 10.2 Å². The van der Waals surface area contributed by atoms with E-state index < -0.39 is 24.8 Å². The Balaban J connectivity index is -0.000000200. The molecule has 0 aliphatic heterocycles. The molecule has 0 heterocycles. The third kappa shape index (κ3) is 29.2. The standard InChI is InChI=1S/C5H14NO.C4H6O4.HI/c1-6(2,3)4-5-7;5-3(6)1-2-4(7)8;/h7H,4-5H2,1-3H3;1-2H2,(H,5,6)(H,7,8);1H/q+1;;/p-2. The maximum absolute atomic E-state index is 9.50. The highest BCUT2D eigenvalue weighted by molar-refractivity contribution is 14.0. The van der Waals surface area contributed by atoms with Crippen molar-refractivity contribution in [3.63, 3.8) is 0 Å². The Labute approximate surface area is 112 Å². The summed E-state index contributed by atoms with van der Waals surface area (Å²) >= 11 is 0. The number of quaternary nitrogens is 1. The molecule has 6 nitrogen and oxygen atoms in total. The summed E-state index contributed by atoms with van der Waals surface area (Å²) in [5.41, 5.74) is 0. The van der Waals surface area contributed by atoms with Crippen LogP contribution in [0.25, 0.3) is 0 Å². The van der Waals surface area contributed by atoms with Crippen LogP contribution in [0.1, 0.15) is 12.8 Å². The Bertz CT molecular complexity index is 189. The smallest absolute Gasteiger partial charge is 0.101 e. The summed E-state index contributed by atoms with van der Waals surface area (Å²) in [4.78, 5) is 19.0. The Morgan fingerprint density at radius 1 is 1.06 bits per heavy atom. The van der Waals surface area contributed by atoms with Crippen LogP contribution in [0, 0.1) is 0 Å². The Morgan fingerprint density at radius 3 is 1.44 bits per heavy atom. The number of carbonyl (C=O) groups excluding carboxylic acids is 2. The minimum atomic E-state index is -1.37. The minimum Gasteiger partial charge on any atom is -0.550 e. The van der Waals surface area contributed by atoms with Crippen LogP contribution in [-0.2, 0) is 9.59 Å². The Hall–Kier alpha value is -0.410. The number of hydrogen-bond donors (Lipinski definition) is 1. The molecule has 0 aromatic heterocycles. The van der Waals surface area contributed by atoms with Crippen LogP contribution in [0.4, 0.5) is 0 Å². The van der Waals surface area contributed by atoms with Gasteiger partial charge in [-0.25, -0.2) is 0 Å². The number of hydrogen-bond acceptors (Lipinski definition) is 5. The number of aliphatic hydroxyl groups is 1. The van der Waals surface area contributed by atoms with Gasteiger partial charge in [0.25, 0.3) is 0 Å². The zero-order valence-corrected chi connectivity index (χ0v) is 12.1. The van der Waals surface area contributed by atoms with Crippen LogP contribution in [0.2, 0.25) is 0 Å². The molecule has 7 heteroatoms. The van der Waals surface area contributed by atoms with E-state index in [-0.39, 0.29) is 30.6 Å². The van der Waals surface area contributed by atoms with Gasteiger partial charge < -0.3 is 29.4 Å². The highest BCUT2D eigenvalue weighted by Crippen LogP contribution is 1.84. The van der Waals surface area contributed by atoms with E-state index in [2.05, 4.69) is 21.1 Å². The van der Waals surface area contributed by atoms with E-state index in [0.29, 0.717) is 0 Å². The van der Waals surface area contributed by atoms with Crippen molar-refractivity contribution in [3.8, 4) is 0 Å². The third-order valence-electron chi connectivity index (χ3n) is 1.30. The minimum absolute atomic E-state index is 0. The summed E-state index contributed by atoms with van der Waals surface area (Å²) in [7, 11) is 6.16. The summed E-state index contributed by atoms with van der Waals surface area (Å²) in [5.74, 6) is -2.73. The predicted octanol–water partition coefficient (Wildman–Crippen LogP) is -2.43. The quantitative estimate of drug-likeness (QED) is 0.440. The molecule has 0 unspecified atom stereocenters. The normalized spacial score (nSPS) is 9.50. The van der Waals surface area contributed by atoms with Gasteiger partial charge in [0.05, 0.1) is 27.7 Å². The van der Waals surface area contributed by atoms with Crippen LogP contribution in [-0.4, -0.2) is 55.8 Å². The number of carboxylic acids is 2. The SMILES string of the molecule is C[N+](C)(C)CCO.I.O=C([O-])CCC(=O)[O-]. The second kappa shape index (κ2) is 11.1. The van der Waals surface area contributed by atoms with Crippen molar-refractivity contribution in [2.24, 2.45) is 0 Å². The first-order valence-electron chi connectivity index (χ1n) is 4.50. The fourth-order valence-electron chi connectivity index (χ4n) is 0.504. The highest BCUT2D eigenvalue weighted by atomic mass is 127. The first-order valence-corrected chi connectivity index (χ1v) is 4.50. The van der Waals surface area contributed by atoms with E-state index in [9.17, 15) is 19.8 Å². The van der Waals surface area contributed by atoms with Crippen molar-refractivity contribution in [2.45, 2.75) is 12.8 Å². The van der Waals surface area contributed by atoms with Crippen LogP contribution >= 0.6 is 24.0 Å². The van der Waals surface area contributed by atoms with E-state index in [1.54, 1.807) is 0 Å². The lowest BCUT2D eigenvalue weighted by atomic mass is 10.3. The summed E-state index contributed by atoms with van der Waals surface area (Å²) in [6, 6.07) is 0. The predicted molar refractivity (Wildman–Crippen MR) is 64.6 cm³/mol. The topological polar surface area (TPSA) is 100 Å². The summed E-state index contributed by atoms with van der Waals surface area (Å²) < 4.78 is 0.844. The van der Waals surface area contributed by atoms with Crippen molar-refractivity contribution in [1.82, 2.24) is 0 Å². The van der Waals surface area contributed by atoms with Crippen molar-refractivity contribution in [2.75, 3.05) is 34.3 Å². The van der Waals surface area contributed by atoms with Crippen molar-refractivity contribution in [3.05, 3.63) is 0 Å². The summed E-state index contributed by atoms with van der Waals surface area (Å²) in [5, 5.41) is 27.4. The summed E-state index contributed by atoms with van der Waals surface area (Å²) in [6.45, 7) is 1.11. The number of halogens is 1. The average Bonchev–Trinajstić information content (AvgIpc) is 1.99. The Morgan fingerprint density at radius 2 is 1.38 bits per heavy atom. The van der Waals surface area contributed by atoms with Gasteiger partial charge >= 0.3 is 0 Å². The number of carbonyl (C=O) groups is 2. The molecule has 0 radical (unpaired) electrons. The Kier molecular flexibility index (Phi) is 14.5. The van der Waals surface area contributed by atoms with Gasteiger partial charge in [0.1, 0.15) is 6.54 Å². The largest absolute Gasteiger partial charge is 0.550 e. The van der Waals surface area contributed by atoms with Gasteiger partial charge in [0, 0.05) is 11.9 Å². The van der Waals surface area contributed by atoms with Crippen molar-refractivity contribution < 1.29 is 29.4 Å². The molecular formula is C9H19INO5-. The lowest BCUT2D eigenvalue weighted by Gasteiger charge is -2.21. The van der Waals surface area contributed by atoms with E-state index >= 15 is 0 Å². The van der Waals surface area contributed by atoms with E-state index in [4.69, 9.17) is 5.11 Å². The first kappa shape index (κ1) is 20.9. The van der Waals surface area contributed by atoms with Crippen LogP contribution in [0.3, 0.4) is 0 Å². The van der Waals surface area contributed by atoms with Gasteiger partial charge in [-0.05, 0) is 12.8 Å². The first-order chi connectivity index (χ1) is 6.69. The molecule has 0 aromatic rings. The van der Waals surface area contributed by atoms with Crippen LogP contribution in [0.5, 0.6) is 0 Å². The fourth-order valence-corrected chi connectivity index (χ4v) is 0.504. The van der Waals surface area contributed by atoms with Crippen molar-refractivity contribution in [1.29, 1.82) is 0 Å². The molecule has 0 rings (SSSR count). The molecule has 0 amide bonds. The number of aliphatic hydroxyl groups excluding tert-OH is 1. The van der Waals surface area contributed by atoms with E-state index in [1.165, 1.54) is 0 Å². The third-order valence-corrected chi connectivity index (χ3v) is 1.30. The molecule has 0 fully saturated rings. The molecule has 0 spiro atoms. The maximum Gasteiger partial charge on any atom is 0.101 e. The highest BCUT2D eigenvalue weighted by Gasteiger charge is 2.02. The number of likely N-dealkylation sites (N-methyl/N-ethyl adjacent to an activating group) is 1. The molecule has 0 saturated heterocycles. The molecule has 0 aromatic carbocycles. The molecule has 0 atom stereocenters. The van der Waals surface area contributed by atoms with Gasteiger partial charge in [0.15, 0.2) is 0 Å². The van der Waals surface area contributed by atoms with Crippen LogP contribution in [0.15, 0.2) is 0 Å². The van der Waals surface area contributed by atoms with Gasteiger partial charge in [0.2, 0.25) is 0 Å². The molecule has 0 bridgehead atoms. The average molecular weight is 348 g/mol. The zero-order valence-electron chi connectivity index (χ0n) is 9.76. The van der Waals surface area contributed by atoms with Crippen molar-refractivity contribution >= 4 is 35.9 Å². The molecule has 0 aliphatic carbocycles. The zero-order chi connectivity index (χ0) is 12.5. The van der Waals surface area contributed by atoms with Gasteiger partial charge in [-0.3, -0.25) is 0 Å². The van der Waals surface area contributed by atoms with E-state index in [1.807, 2.05) is 0 Å². The lowest BCUT2D eigenvalue weighted by Crippen LogP contribution is -2.36. The molecule has 98 valence electrons. The lowest BCUT2D eigenvalue weighted by molar-refractivity contribution is -0.870. The number of rotatable bonds is 5. The number of nitrogens with zero attached hydrogens (tertiary/aromatic N) is 1. The van der Waals surface area contributed by atoms with Gasteiger partial charge in [-0.15, -0.1) is 24.0 Å². The number of aliphatic carboxylic acids is 2. The second-order valence-corrected chi connectivity index (χ2v) is 3.98. The monoisotopic (exact) mass is 348 g/mol. The number of carboxylic acid groups (broad SMARTS) is 2.